The van der Waals surface area contributed by atoms with E-state index < -0.39 is 0 Å². The first-order chi connectivity index (χ1) is 7.75. The molecule has 4 nitrogen and oxygen atoms in total. The van der Waals surface area contributed by atoms with Crippen molar-refractivity contribution in [2.75, 3.05) is 13.1 Å². The number of phenols is 1. The first kappa shape index (κ1) is 11.0. The number of piperidine rings is 1. The quantitative estimate of drug-likeness (QED) is 0.693. The third-order valence-electron chi connectivity index (χ3n) is 2.74. The highest BCUT2D eigenvalue weighted by Gasteiger charge is 2.16. The summed E-state index contributed by atoms with van der Waals surface area (Å²) in [6.07, 6.45) is 2.10. The molecule has 0 aliphatic carbocycles. The topological polar surface area (TPSA) is 61.4 Å². The van der Waals surface area contributed by atoms with Crippen LogP contribution < -0.4 is 10.6 Å². The van der Waals surface area contributed by atoms with Gasteiger partial charge in [-0.2, -0.15) is 0 Å². The van der Waals surface area contributed by atoms with E-state index in [4.69, 9.17) is 0 Å². The molecule has 1 atom stereocenters. The molecule has 0 spiro atoms. The molecule has 1 heterocycles. The molecular formula is C12H16N2O2. The lowest BCUT2D eigenvalue weighted by Gasteiger charge is -2.23. The van der Waals surface area contributed by atoms with Crippen LogP contribution in [0.4, 0.5) is 0 Å². The minimum atomic E-state index is -0.121. The number of nitrogens with one attached hydrogen (secondary N) is 2. The van der Waals surface area contributed by atoms with E-state index >= 15 is 0 Å². The zero-order valence-corrected chi connectivity index (χ0v) is 9.07. The van der Waals surface area contributed by atoms with Gasteiger partial charge in [-0.3, -0.25) is 4.79 Å². The lowest BCUT2D eigenvalue weighted by atomic mass is 10.1. The fourth-order valence-electron chi connectivity index (χ4n) is 1.89. The number of benzene rings is 1. The van der Waals surface area contributed by atoms with Crippen LogP contribution in [0.3, 0.4) is 0 Å². The van der Waals surface area contributed by atoms with Crippen LogP contribution >= 0.6 is 0 Å². The van der Waals surface area contributed by atoms with Crippen LogP contribution in [-0.4, -0.2) is 30.1 Å². The second-order valence-corrected chi connectivity index (χ2v) is 4.07. The van der Waals surface area contributed by atoms with Crippen LogP contribution in [-0.2, 0) is 0 Å². The Morgan fingerprint density at radius 2 is 2.38 bits per heavy atom. The van der Waals surface area contributed by atoms with E-state index in [0.29, 0.717) is 5.56 Å². The van der Waals surface area contributed by atoms with Crippen molar-refractivity contribution in [3.63, 3.8) is 0 Å². The van der Waals surface area contributed by atoms with Crippen LogP contribution in [0.5, 0.6) is 5.75 Å². The summed E-state index contributed by atoms with van der Waals surface area (Å²) < 4.78 is 0. The molecule has 1 aliphatic heterocycles. The van der Waals surface area contributed by atoms with Crippen LogP contribution in [0.1, 0.15) is 23.2 Å². The summed E-state index contributed by atoms with van der Waals surface area (Å²) >= 11 is 0. The van der Waals surface area contributed by atoms with Crippen LogP contribution in [0, 0.1) is 0 Å². The SMILES string of the molecule is O=C(N[C@H]1CCCNC1)c1cccc(O)c1. The maximum absolute atomic E-state index is 11.8. The van der Waals surface area contributed by atoms with E-state index in [-0.39, 0.29) is 17.7 Å². The number of aromatic hydroxyl groups is 1. The van der Waals surface area contributed by atoms with Crippen LogP contribution in [0.15, 0.2) is 24.3 Å². The van der Waals surface area contributed by atoms with E-state index in [9.17, 15) is 9.90 Å². The van der Waals surface area contributed by atoms with E-state index in [2.05, 4.69) is 10.6 Å². The predicted octanol–water partition coefficient (Wildman–Crippen LogP) is 0.874. The van der Waals surface area contributed by atoms with Gasteiger partial charge >= 0.3 is 0 Å². The minimum absolute atomic E-state index is 0.120. The predicted molar refractivity (Wildman–Crippen MR) is 61.5 cm³/mol. The molecule has 0 bridgehead atoms. The molecule has 0 unspecified atom stereocenters. The standard InChI is InChI=1S/C12H16N2O2/c15-11-5-1-3-9(7-11)12(16)14-10-4-2-6-13-8-10/h1,3,5,7,10,13,15H,2,4,6,8H2,(H,14,16)/t10-/m0/s1. The highest BCUT2D eigenvalue weighted by Crippen LogP contribution is 2.11. The molecule has 1 fully saturated rings. The maximum atomic E-state index is 11.8. The molecule has 2 rings (SSSR count). The second kappa shape index (κ2) is 4.99. The molecule has 0 aromatic heterocycles. The van der Waals surface area contributed by atoms with Crippen molar-refractivity contribution < 1.29 is 9.90 Å². The highest BCUT2D eigenvalue weighted by molar-refractivity contribution is 5.94. The van der Waals surface area contributed by atoms with Gasteiger partial charge in [0.1, 0.15) is 5.75 Å². The van der Waals surface area contributed by atoms with Gasteiger partial charge in [-0.1, -0.05) is 6.07 Å². The number of carbonyl (C=O) groups excluding carboxylic acids is 1. The van der Waals surface area contributed by atoms with Crippen LogP contribution in [0.25, 0.3) is 0 Å². The van der Waals surface area contributed by atoms with Gasteiger partial charge in [-0.25, -0.2) is 0 Å². The van der Waals surface area contributed by atoms with E-state index in [0.717, 1.165) is 25.9 Å². The fourth-order valence-corrected chi connectivity index (χ4v) is 1.89. The summed E-state index contributed by atoms with van der Waals surface area (Å²) in [6, 6.07) is 6.60. The van der Waals surface area contributed by atoms with Crippen LogP contribution in [0.2, 0.25) is 0 Å². The summed E-state index contributed by atoms with van der Waals surface area (Å²) in [6.45, 7) is 1.85. The molecular weight excluding hydrogens is 204 g/mol. The maximum Gasteiger partial charge on any atom is 0.251 e. The van der Waals surface area contributed by atoms with Gasteiger partial charge in [0.05, 0.1) is 0 Å². The summed E-state index contributed by atoms with van der Waals surface area (Å²) in [5, 5.41) is 15.5. The normalized spacial score (nSPS) is 20.4. The van der Waals surface area contributed by atoms with Gasteiger partial charge in [0.25, 0.3) is 5.91 Å². The largest absolute Gasteiger partial charge is 0.508 e. The zero-order valence-electron chi connectivity index (χ0n) is 9.07. The Kier molecular flexibility index (Phi) is 3.41. The third-order valence-corrected chi connectivity index (χ3v) is 2.74. The van der Waals surface area contributed by atoms with E-state index in [1.54, 1.807) is 18.2 Å². The third kappa shape index (κ3) is 2.73. The molecule has 3 N–H and O–H groups in total. The molecule has 0 radical (unpaired) electrons. The van der Waals surface area contributed by atoms with Crippen molar-refractivity contribution in [2.45, 2.75) is 18.9 Å². The Morgan fingerprint density at radius 1 is 1.50 bits per heavy atom. The molecule has 1 amide bonds. The molecule has 86 valence electrons. The van der Waals surface area contributed by atoms with Gasteiger partial charge in [0, 0.05) is 18.2 Å². The molecule has 1 aromatic rings. The second-order valence-electron chi connectivity index (χ2n) is 4.07. The van der Waals surface area contributed by atoms with Crippen molar-refractivity contribution in [1.29, 1.82) is 0 Å². The Labute approximate surface area is 94.7 Å². The summed E-state index contributed by atoms with van der Waals surface area (Å²) in [5.41, 5.74) is 0.505. The fraction of sp³-hybridized carbons (Fsp3) is 0.417. The van der Waals surface area contributed by atoms with Gasteiger partial charge < -0.3 is 15.7 Å². The number of hydrogen-bond donors (Lipinski definition) is 3. The van der Waals surface area contributed by atoms with Gasteiger partial charge in [-0.15, -0.1) is 0 Å². The smallest absolute Gasteiger partial charge is 0.251 e. The number of rotatable bonds is 2. The van der Waals surface area contributed by atoms with Gasteiger partial charge in [0.15, 0.2) is 0 Å². The van der Waals surface area contributed by atoms with Gasteiger partial charge in [-0.05, 0) is 37.6 Å². The summed E-state index contributed by atoms with van der Waals surface area (Å²) in [4.78, 5) is 11.8. The van der Waals surface area contributed by atoms with E-state index in [1.165, 1.54) is 6.07 Å². The lowest BCUT2D eigenvalue weighted by molar-refractivity contribution is 0.0930. The average molecular weight is 220 g/mol. The number of amides is 1. The Balaban J connectivity index is 1.97. The highest BCUT2D eigenvalue weighted by atomic mass is 16.3. The summed E-state index contributed by atoms with van der Waals surface area (Å²) in [5.74, 6) is -0.000908. The first-order valence-electron chi connectivity index (χ1n) is 5.56. The van der Waals surface area contributed by atoms with Crippen molar-refractivity contribution in [3.05, 3.63) is 29.8 Å². The molecule has 1 saturated heterocycles. The Hall–Kier alpha value is -1.55. The lowest BCUT2D eigenvalue weighted by Crippen LogP contribution is -2.45. The van der Waals surface area contributed by atoms with Crippen molar-refractivity contribution >= 4 is 5.91 Å². The van der Waals surface area contributed by atoms with Gasteiger partial charge in [0.2, 0.25) is 0 Å². The van der Waals surface area contributed by atoms with Crippen molar-refractivity contribution in [2.24, 2.45) is 0 Å². The number of hydrogen-bond acceptors (Lipinski definition) is 3. The molecule has 0 saturated carbocycles. The zero-order chi connectivity index (χ0) is 11.4. The molecule has 16 heavy (non-hydrogen) atoms. The van der Waals surface area contributed by atoms with Crippen molar-refractivity contribution in [1.82, 2.24) is 10.6 Å². The van der Waals surface area contributed by atoms with Crippen molar-refractivity contribution in [3.8, 4) is 5.75 Å². The summed E-state index contributed by atoms with van der Waals surface area (Å²) in [7, 11) is 0. The first-order valence-corrected chi connectivity index (χ1v) is 5.56. The molecule has 4 heteroatoms. The molecule has 1 aliphatic rings. The Morgan fingerprint density at radius 3 is 3.06 bits per heavy atom. The average Bonchev–Trinajstić information content (AvgIpc) is 2.30. The minimum Gasteiger partial charge on any atom is -0.508 e. The number of carbonyl (C=O) groups is 1. The Bertz CT molecular complexity index is 373. The monoisotopic (exact) mass is 220 g/mol. The van der Waals surface area contributed by atoms with E-state index in [1.807, 2.05) is 0 Å². The number of phenolic OH excluding ortho intramolecular Hbond substituents is 1. The molecule has 1 aromatic carbocycles.